The number of anilines is 1. The number of nitrogens with zero attached hydrogens (tertiary/aromatic N) is 1. The molecule has 1 fully saturated rings. The number of methoxy groups -OCH3 is 2. The fraction of sp³-hybridized carbons (Fsp3) is 0.381. The quantitative estimate of drug-likeness (QED) is 0.549. The Labute approximate surface area is 169 Å². The van der Waals surface area contributed by atoms with Crippen LogP contribution in [0.5, 0.6) is 11.5 Å². The molecule has 0 bridgehead atoms. The number of amides is 1. The highest BCUT2D eigenvalue weighted by Gasteiger charge is 2.33. The summed E-state index contributed by atoms with van der Waals surface area (Å²) < 4.78 is 10.8. The minimum Gasteiger partial charge on any atom is -0.497 e. The van der Waals surface area contributed by atoms with Gasteiger partial charge in [-0.05, 0) is 30.7 Å². The van der Waals surface area contributed by atoms with Gasteiger partial charge in [-0.2, -0.15) is 0 Å². The van der Waals surface area contributed by atoms with E-state index >= 15 is 0 Å². The molecule has 1 aliphatic rings. The highest BCUT2D eigenvalue weighted by atomic mass is 16.6. The fourth-order valence-corrected chi connectivity index (χ4v) is 3.91. The fourth-order valence-electron chi connectivity index (χ4n) is 3.91. The number of rotatable bonds is 7. The van der Waals surface area contributed by atoms with Crippen molar-refractivity contribution in [1.82, 2.24) is 0 Å². The number of hydrogen-bond acceptors (Lipinski definition) is 5. The van der Waals surface area contributed by atoms with E-state index in [0.717, 1.165) is 36.4 Å². The molecule has 1 amide bonds. The first-order valence-electron chi connectivity index (χ1n) is 9.54. The van der Waals surface area contributed by atoms with Crippen LogP contribution in [0, 0.1) is 17.0 Å². The second-order valence-corrected chi connectivity index (χ2v) is 7.19. The van der Waals surface area contributed by atoms with Crippen molar-refractivity contribution in [2.24, 2.45) is 0 Å². The zero-order chi connectivity index (χ0) is 21.0. The number of non-ortho nitro benzene ring substituents is 1. The smallest absolute Gasteiger partial charge is 0.279 e. The number of aryl methyl sites for hydroxylation is 1. The summed E-state index contributed by atoms with van der Waals surface area (Å²) in [5, 5.41) is 13.8. The Morgan fingerprint density at radius 1 is 1.24 bits per heavy atom. The minimum atomic E-state index is -0.445. The van der Waals surface area contributed by atoms with Gasteiger partial charge in [0, 0.05) is 36.7 Å². The molecule has 8 nitrogen and oxygen atoms in total. The lowest BCUT2D eigenvalue weighted by atomic mass is 10.0. The van der Waals surface area contributed by atoms with Gasteiger partial charge in [-0.1, -0.05) is 0 Å². The topological polar surface area (TPSA) is 95.1 Å². The van der Waals surface area contributed by atoms with Crippen LogP contribution < -0.4 is 19.7 Å². The number of likely N-dealkylation sites (tertiary alicyclic amines) is 1. The minimum absolute atomic E-state index is 0.0114. The average Bonchev–Trinajstić information content (AvgIpc) is 3.16. The molecule has 2 N–H and O–H groups in total. The number of quaternary nitrogens is 1. The largest absolute Gasteiger partial charge is 0.497 e. The number of hydrogen-bond donors (Lipinski definition) is 2. The van der Waals surface area contributed by atoms with E-state index in [1.807, 2.05) is 18.2 Å². The summed E-state index contributed by atoms with van der Waals surface area (Å²) in [5.74, 6) is 1.38. The van der Waals surface area contributed by atoms with E-state index in [0.29, 0.717) is 17.8 Å². The molecule has 1 heterocycles. The molecule has 154 valence electrons. The van der Waals surface area contributed by atoms with Gasteiger partial charge < -0.3 is 19.7 Å². The third-order valence-electron chi connectivity index (χ3n) is 5.38. The monoisotopic (exact) mass is 400 g/mol. The van der Waals surface area contributed by atoms with E-state index in [1.54, 1.807) is 27.2 Å². The second kappa shape index (κ2) is 8.91. The Morgan fingerprint density at radius 3 is 2.69 bits per heavy atom. The lowest BCUT2D eigenvalue weighted by molar-refractivity contribution is -0.910. The maximum atomic E-state index is 12.7. The van der Waals surface area contributed by atoms with Crippen molar-refractivity contribution in [2.45, 2.75) is 25.8 Å². The third kappa shape index (κ3) is 4.65. The summed E-state index contributed by atoms with van der Waals surface area (Å²) in [6.45, 7) is 2.96. The van der Waals surface area contributed by atoms with Crippen LogP contribution in [0.25, 0.3) is 0 Å². The molecule has 8 heteroatoms. The number of carbonyl (C=O) groups excluding carboxylic acids is 1. The van der Waals surface area contributed by atoms with Crippen molar-refractivity contribution in [1.29, 1.82) is 0 Å². The summed E-state index contributed by atoms with van der Waals surface area (Å²) in [7, 11) is 3.25. The molecule has 1 aliphatic heterocycles. The Balaban J connectivity index is 1.71. The molecule has 29 heavy (non-hydrogen) atoms. The number of nitrogens with one attached hydrogen (secondary N) is 2. The van der Waals surface area contributed by atoms with Gasteiger partial charge in [-0.25, -0.2) is 0 Å². The number of nitro benzene ring substituents is 1. The van der Waals surface area contributed by atoms with Crippen LogP contribution in [-0.4, -0.2) is 38.1 Å². The van der Waals surface area contributed by atoms with E-state index < -0.39 is 4.92 Å². The summed E-state index contributed by atoms with van der Waals surface area (Å²) in [6.07, 6.45) is 2.00. The Hall–Kier alpha value is -3.13. The van der Waals surface area contributed by atoms with Crippen LogP contribution in [0.2, 0.25) is 0 Å². The van der Waals surface area contributed by atoms with Crippen molar-refractivity contribution < 1.29 is 24.1 Å². The first-order valence-corrected chi connectivity index (χ1v) is 9.54. The Morgan fingerprint density at radius 2 is 2.03 bits per heavy atom. The number of ether oxygens (including phenoxy) is 2. The van der Waals surface area contributed by atoms with Crippen molar-refractivity contribution in [2.75, 3.05) is 32.6 Å². The van der Waals surface area contributed by atoms with E-state index in [4.69, 9.17) is 9.47 Å². The molecule has 2 aromatic carbocycles. The van der Waals surface area contributed by atoms with E-state index in [9.17, 15) is 14.9 Å². The van der Waals surface area contributed by atoms with Gasteiger partial charge in [0.1, 0.15) is 17.5 Å². The molecular weight excluding hydrogens is 374 g/mol. The molecule has 1 saturated heterocycles. The van der Waals surface area contributed by atoms with Gasteiger partial charge in [0.05, 0.1) is 31.3 Å². The second-order valence-electron chi connectivity index (χ2n) is 7.19. The molecule has 2 atom stereocenters. The highest BCUT2D eigenvalue weighted by Crippen LogP contribution is 2.31. The van der Waals surface area contributed by atoms with E-state index in [1.165, 1.54) is 17.0 Å². The van der Waals surface area contributed by atoms with Crippen LogP contribution in [0.3, 0.4) is 0 Å². The summed E-state index contributed by atoms with van der Waals surface area (Å²) in [5.41, 5.74) is 2.34. The molecule has 3 rings (SSSR count). The lowest BCUT2D eigenvalue weighted by Crippen LogP contribution is -3.11. The number of carbonyl (C=O) groups is 1. The van der Waals surface area contributed by atoms with Crippen molar-refractivity contribution in [3.8, 4) is 11.5 Å². The predicted molar refractivity (Wildman–Crippen MR) is 109 cm³/mol. The molecule has 0 radical (unpaired) electrons. The first-order chi connectivity index (χ1) is 13.9. The maximum Gasteiger partial charge on any atom is 0.279 e. The normalized spacial score (nSPS) is 18.3. The molecule has 0 aliphatic carbocycles. The van der Waals surface area contributed by atoms with Crippen molar-refractivity contribution in [3.05, 3.63) is 57.6 Å². The Kier molecular flexibility index (Phi) is 6.33. The van der Waals surface area contributed by atoms with Crippen molar-refractivity contribution in [3.63, 3.8) is 0 Å². The molecular formula is C21H26N3O5+. The molecule has 1 unspecified atom stereocenters. The van der Waals surface area contributed by atoms with Gasteiger partial charge in [0.15, 0.2) is 6.54 Å². The zero-order valence-electron chi connectivity index (χ0n) is 16.9. The Bertz CT molecular complexity index is 915. The highest BCUT2D eigenvalue weighted by molar-refractivity contribution is 5.92. The van der Waals surface area contributed by atoms with Gasteiger partial charge in [-0.3, -0.25) is 14.9 Å². The summed E-state index contributed by atoms with van der Waals surface area (Å²) in [4.78, 5) is 24.3. The molecule has 0 spiro atoms. The summed E-state index contributed by atoms with van der Waals surface area (Å²) >= 11 is 0. The van der Waals surface area contributed by atoms with E-state index in [2.05, 4.69) is 5.32 Å². The molecule has 0 saturated carbocycles. The molecule has 0 aromatic heterocycles. The SMILES string of the molecule is COc1ccc([C@@H]2CCC[NH+]2CC(=O)Nc2ccc([N+](=O)[O-])cc2C)c(OC)c1. The first kappa shape index (κ1) is 20.6. The van der Waals surface area contributed by atoms with Gasteiger partial charge in [0.25, 0.3) is 11.6 Å². The zero-order valence-corrected chi connectivity index (χ0v) is 16.9. The standard InChI is InChI=1S/C21H25N3O5/c1-14-11-15(24(26)27)6-9-18(14)22-21(25)13-23-10-4-5-19(23)17-8-7-16(28-2)12-20(17)29-3/h6-9,11-12,19H,4-5,10,13H2,1-3H3,(H,22,25)/p+1/t19-/m0/s1. The average molecular weight is 400 g/mol. The van der Waals surface area contributed by atoms with Crippen molar-refractivity contribution >= 4 is 17.3 Å². The maximum absolute atomic E-state index is 12.7. The van der Waals surface area contributed by atoms with Crippen LogP contribution in [0.1, 0.15) is 30.0 Å². The van der Waals surface area contributed by atoms with Gasteiger partial charge >= 0.3 is 0 Å². The molecule has 2 aromatic rings. The summed E-state index contributed by atoms with van der Waals surface area (Å²) in [6, 6.07) is 10.4. The third-order valence-corrected chi connectivity index (χ3v) is 5.38. The van der Waals surface area contributed by atoms with Crippen LogP contribution in [0.4, 0.5) is 11.4 Å². The van der Waals surface area contributed by atoms with E-state index in [-0.39, 0.29) is 17.6 Å². The van der Waals surface area contributed by atoms with Crippen LogP contribution in [-0.2, 0) is 4.79 Å². The van der Waals surface area contributed by atoms with Gasteiger partial charge in [-0.15, -0.1) is 0 Å². The predicted octanol–water partition coefficient (Wildman–Crippen LogP) is 2.28. The lowest BCUT2D eigenvalue weighted by Gasteiger charge is -2.23. The van der Waals surface area contributed by atoms with Crippen LogP contribution in [0.15, 0.2) is 36.4 Å². The van der Waals surface area contributed by atoms with Gasteiger partial charge in [0.2, 0.25) is 0 Å². The number of benzene rings is 2. The number of nitro groups is 1. The van der Waals surface area contributed by atoms with Crippen LogP contribution >= 0.6 is 0 Å².